The van der Waals surface area contributed by atoms with Crippen LogP contribution in [0.3, 0.4) is 0 Å². The Balaban J connectivity index is 2.05. The summed E-state index contributed by atoms with van der Waals surface area (Å²) >= 11 is 0. The Morgan fingerprint density at radius 3 is 2.53 bits per heavy atom. The maximum Gasteiger partial charge on any atom is 0.229 e. The van der Waals surface area contributed by atoms with Gasteiger partial charge in [0.25, 0.3) is 0 Å². The number of hydrogen-bond acceptors (Lipinski definition) is 4. The van der Waals surface area contributed by atoms with Crippen molar-refractivity contribution >= 4 is 21.5 Å². The van der Waals surface area contributed by atoms with Gasteiger partial charge in [-0.2, -0.15) is 0 Å². The van der Waals surface area contributed by atoms with E-state index < -0.39 is 21.8 Å². The highest BCUT2D eigenvalue weighted by molar-refractivity contribution is 7.92. The zero-order valence-electron chi connectivity index (χ0n) is 18.2. The van der Waals surface area contributed by atoms with Crippen molar-refractivity contribution in [2.45, 2.75) is 65.2 Å². The first-order valence-corrected chi connectivity index (χ1v) is 12.2. The van der Waals surface area contributed by atoms with Crippen molar-refractivity contribution in [3.63, 3.8) is 0 Å². The summed E-state index contributed by atoms with van der Waals surface area (Å²) in [6, 6.07) is 8.18. The van der Waals surface area contributed by atoms with Gasteiger partial charge in [-0.3, -0.25) is 14.5 Å². The molecule has 164 valence electrons. The highest BCUT2D eigenvalue weighted by Gasteiger charge is 2.18. The number of ketones is 1. The Labute approximate surface area is 179 Å². The first-order valence-electron chi connectivity index (χ1n) is 10.4. The number of sulfonamides is 1. The second-order valence-electron chi connectivity index (χ2n) is 7.82. The molecule has 0 saturated carbocycles. The number of anilines is 1. The van der Waals surface area contributed by atoms with Crippen LogP contribution < -0.4 is 4.72 Å². The van der Waals surface area contributed by atoms with E-state index in [9.17, 15) is 17.6 Å². The van der Waals surface area contributed by atoms with E-state index in [-0.39, 0.29) is 11.5 Å². The number of halogens is 1. The quantitative estimate of drug-likeness (QED) is 0.508. The summed E-state index contributed by atoms with van der Waals surface area (Å²) in [6.07, 6.45) is 6.20. The lowest BCUT2D eigenvalue weighted by molar-refractivity contribution is -0.120. The maximum absolute atomic E-state index is 14.2. The number of hydrogen-bond donors (Lipinski definition) is 1. The van der Waals surface area contributed by atoms with Crippen molar-refractivity contribution in [3.8, 4) is 0 Å². The van der Waals surface area contributed by atoms with Crippen LogP contribution in [0.4, 0.5) is 10.1 Å². The van der Waals surface area contributed by atoms with Crippen LogP contribution in [0.25, 0.3) is 0 Å². The Morgan fingerprint density at radius 1 is 1.17 bits per heavy atom. The molecule has 0 aliphatic heterocycles. The molecule has 0 radical (unpaired) electrons. The number of Topliss-reactive ketones (excluding diaryl/α,β-unsaturated/α-hetero) is 1. The Bertz CT molecular complexity index is 990. The molecular weight excluding hydrogens is 403 g/mol. The van der Waals surface area contributed by atoms with Gasteiger partial charge in [0.2, 0.25) is 10.0 Å². The molecule has 5 nitrogen and oxygen atoms in total. The molecule has 0 bridgehead atoms. The van der Waals surface area contributed by atoms with Gasteiger partial charge in [0, 0.05) is 23.7 Å². The normalized spacial score (nSPS) is 12.6. The van der Waals surface area contributed by atoms with E-state index in [1.54, 1.807) is 13.0 Å². The first-order chi connectivity index (χ1) is 14.1. The number of nitrogens with zero attached hydrogens (tertiary/aromatic N) is 1. The third kappa shape index (κ3) is 7.20. The van der Waals surface area contributed by atoms with E-state index in [1.165, 1.54) is 12.1 Å². The zero-order chi connectivity index (χ0) is 22.3. The van der Waals surface area contributed by atoms with Gasteiger partial charge in [-0.15, -0.1) is 0 Å². The number of benzene rings is 1. The maximum atomic E-state index is 14.2. The molecule has 1 unspecified atom stereocenters. The number of aromatic nitrogens is 1. The predicted molar refractivity (Wildman–Crippen MR) is 119 cm³/mol. The van der Waals surface area contributed by atoms with Crippen molar-refractivity contribution < 1.29 is 17.6 Å². The second-order valence-corrected chi connectivity index (χ2v) is 9.57. The summed E-state index contributed by atoms with van der Waals surface area (Å²) < 4.78 is 39.0. The molecule has 0 aliphatic rings. The van der Waals surface area contributed by atoms with E-state index >= 15 is 0 Å². The van der Waals surface area contributed by atoms with Crippen LogP contribution in [-0.4, -0.2) is 25.4 Å². The van der Waals surface area contributed by atoms with Gasteiger partial charge in [-0.05, 0) is 55.5 Å². The van der Waals surface area contributed by atoms with Crippen LogP contribution >= 0.6 is 0 Å². The summed E-state index contributed by atoms with van der Waals surface area (Å²) in [5.74, 6) is -1.16. The molecule has 0 spiro atoms. The smallest absolute Gasteiger partial charge is 0.229 e. The molecule has 1 aromatic carbocycles. The molecule has 30 heavy (non-hydrogen) atoms. The summed E-state index contributed by atoms with van der Waals surface area (Å²) in [7, 11) is -3.57. The topological polar surface area (TPSA) is 76.1 Å². The molecule has 0 amide bonds. The molecule has 1 atom stereocenters. The molecule has 1 aromatic heterocycles. The van der Waals surface area contributed by atoms with Crippen molar-refractivity contribution in [3.05, 3.63) is 58.7 Å². The van der Waals surface area contributed by atoms with Gasteiger partial charge in [-0.1, -0.05) is 38.8 Å². The summed E-state index contributed by atoms with van der Waals surface area (Å²) in [6.45, 7) is 5.88. The number of unbranched alkanes of at least 4 members (excludes halogenated alkanes) is 2. The van der Waals surface area contributed by atoms with Crippen molar-refractivity contribution in [2.75, 3.05) is 11.0 Å². The summed E-state index contributed by atoms with van der Waals surface area (Å²) in [4.78, 5) is 17.4. The molecule has 0 saturated heterocycles. The highest BCUT2D eigenvalue weighted by Crippen LogP contribution is 2.24. The summed E-state index contributed by atoms with van der Waals surface area (Å²) in [5.41, 5.74) is 3.54. The number of rotatable bonds is 11. The minimum absolute atomic E-state index is 0.0123. The first kappa shape index (κ1) is 24.0. The molecule has 2 aromatic rings. The lowest BCUT2D eigenvalue weighted by Crippen LogP contribution is -2.13. The number of pyridine rings is 1. The van der Waals surface area contributed by atoms with Crippen LogP contribution in [0.2, 0.25) is 0 Å². The van der Waals surface area contributed by atoms with Gasteiger partial charge in [0.05, 0.1) is 11.9 Å². The number of carbonyl (C=O) groups is 1. The van der Waals surface area contributed by atoms with E-state index in [0.29, 0.717) is 18.4 Å². The average molecular weight is 435 g/mol. The van der Waals surface area contributed by atoms with E-state index in [0.717, 1.165) is 48.9 Å². The van der Waals surface area contributed by atoms with Crippen LogP contribution in [0.15, 0.2) is 30.3 Å². The molecule has 7 heteroatoms. The fourth-order valence-electron chi connectivity index (χ4n) is 3.37. The van der Waals surface area contributed by atoms with Crippen LogP contribution in [0.5, 0.6) is 0 Å². The SMILES string of the molecule is CCCCCc1nc(C)ccc1CCC(=O)C(C)c1ccc(NS(C)(=O)=O)c(F)c1. The Kier molecular flexibility index (Phi) is 8.53. The lowest BCUT2D eigenvalue weighted by atomic mass is 9.92. The zero-order valence-corrected chi connectivity index (χ0v) is 19.0. The summed E-state index contributed by atoms with van der Waals surface area (Å²) in [5, 5.41) is 0. The molecule has 1 N–H and O–H groups in total. The molecule has 2 rings (SSSR count). The predicted octanol–water partition coefficient (Wildman–Crippen LogP) is 4.94. The lowest BCUT2D eigenvalue weighted by Gasteiger charge is -2.14. The Hall–Kier alpha value is -2.28. The number of aryl methyl sites for hydroxylation is 3. The fourth-order valence-corrected chi connectivity index (χ4v) is 3.93. The Morgan fingerprint density at radius 2 is 1.90 bits per heavy atom. The highest BCUT2D eigenvalue weighted by atomic mass is 32.2. The van der Waals surface area contributed by atoms with Crippen molar-refractivity contribution in [1.29, 1.82) is 0 Å². The number of carbonyl (C=O) groups excluding carboxylic acids is 1. The average Bonchev–Trinajstić information content (AvgIpc) is 2.67. The van der Waals surface area contributed by atoms with Crippen LogP contribution in [0, 0.1) is 12.7 Å². The molecule has 0 fully saturated rings. The monoisotopic (exact) mass is 434 g/mol. The minimum Gasteiger partial charge on any atom is -0.299 e. The standard InChI is InChI=1S/C23H31FN2O3S/c1-5-6-7-8-21-18(10-9-16(2)25-21)12-14-23(27)17(3)19-11-13-22(20(24)15-19)26-30(4,28)29/h9-11,13,15,17,26H,5-8,12,14H2,1-4H3. The van der Waals surface area contributed by atoms with Gasteiger partial charge in [0.15, 0.2) is 0 Å². The van der Waals surface area contributed by atoms with Gasteiger partial charge in [0.1, 0.15) is 11.6 Å². The van der Waals surface area contributed by atoms with E-state index in [2.05, 4.69) is 16.6 Å². The number of nitrogens with one attached hydrogen (secondary N) is 1. The third-order valence-corrected chi connectivity index (χ3v) is 5.73. The fraction of sp³-hybridized carbons (Fsp3) is 0.478. The van der Waals surface area contributed by atoms with Crippen LogP contribution in [-0.2, 0) is 27.7 Å². The largest absolute Gasteiger partial charge is 0.299 e. The molecule has 0 aliphatic carbocycles. The van der Waals surface area contributed by atoms with Crippen LogP contribution in [0.1, 0.15) is 68.0 Å². The third-order valence-electron chi connectivity index (χ3n) is 5.14. The van der Waals surface area contributed by atoms with Gasteiger partial charge < -0.3 is 0 Å². The second kappa shape index (κ2) is 10.7. The van der Waals surface area contributed by atoms with Crippen molar-refractivity contribution in [1.82, 2.24) is 4.98 Å². The minimum atomic E-state index is -3.57. The van der Waals surface area contributed by atoms with E-state index in [1.807, 2.05) is 19.1 Å². The van der Waals surface area contributed by atoms with Gasteiger partial charge >= 0.3 is 0 Å². The van der Waals surface area contributed by atoms with Crippen molar-refractivity contribution in [2.24, 2.45) is 0 Å². The molecular formula is C23H31FN2O3S. The van der Waals surface area contributed by atoms with Gasteiger partial charge in [-0.25, -0.2) is 12.8 Å². The molecule has 1 heterocycles. The van der Waals surface area contributed by atoms with E-state index in [4.69, 9.17) is 0 Å².